The van der Waals surface area contributed by atoms with Crippen molar-refractivity contribution in [2.45, 2.75) is 19.8 Å². The van der Waals surface area contributed by atoms with Crippen molar-refractivity contribution in [2.75, 3.05) is 6.54 Å². The fourth-order valence-electron chi connectivity index (χ4n) is 1.84. The Morgan fingerprint density at radius 3 is 2.70 bits per heavy atom. The molecule has 0 saturated heterocycles. The lowest BCUT2D eigenvalue weighted by molar-refractivity contribution is 0.0900. The van der Waals surface area contributed by atoms with Gasteiger partial charge >= 0.3 is 0 Å². The highest BCUT2D eigenvalue weighted by Crippen LogP contribution is 2.24. The summed E-state index contributed by atoms with van der Waals surface area (Å²) in [4.78, 5) is 15.8. The van der Waals surface area contributed by atoms with Gasteiger partial charge in [0.25, 0.3) is 5.91 Å². The van der Waals surface area contributed by atoms with Gasteiger partial charge in [0.15, 0.2) is 5.82 Å². The first kappa shape index (κ1) is 13.9. The van der Waals surface area contributed by atoms with E-state index in [1.807, 2.05) is 13.0 Å². The van der Waals surface area contributed by atoms with Crippen LogP contribution in [0.15, 0.2) is 30.3 Å². The summed E-state index contributed by atoms with van der Waals surface area (Å²) in [5.74, 6) is -0.905. The Hall–Kier alpha value is -2.50. The topological polar surface area (TPSA) is 87.4 Å². The third-order valence-corrected chi connectivity index (χ3v) is 2.90. The average molecular weight is 275 g/mol. The lowest BCUT2D eigenvalue weighted by Gasteiger charge is -2.05. The van der Waals surface area contributed by atoms with Gasteiger partial charge in [0.2, 0.25) is 11.6 Å². The van der Waals surface area contributed by atoms with E-state index in [0.717, 1.165) is 12.8 Å². The number of amides is 1. The molecule has 6 nitrogen and oxygen atoms in total. The van der Waals surface area contributed by atoms with Crippen molar-refractivity contribution in [1.29, 1.82) is 0 Å². The number of benzene rings is 1. The van der Waals surface area contributed by atoms with Crippen molar-refractivity contribution in [3.05, 3.63) is 36.0 Å². The lowest BCUT2D eigenvalue weighted by atomic mass is 10.2. The fourth-order valence-corrected chi connectivity index (χ4v) is 1.84. The van der Waals surface area contributed by atoms with E-state index in [0.29, 0.717) is 16.8 Å². The van der Waals surface area contributed by atoms with Crippen LogP contribution in [-0.4, -0.2) is 32.5 Å². The van der Waals surface area contributed by atoms with Gasteiger partial charge in [0, 0.05) is 12.1 Å². The van der Waals surface area contributed by atoms with Gasteiger partial charge in [-0.1, -0.05) is 43.7 Å². The van der Waals surface area contributed by atoms with Gasteiger partial charge in [-0.25, -0.2) is 0 Å². The summed E-state index contributed by atoms with van der Waals surface area (Å²) < 4.78 is 0.617. The van der Waals surface area contributed by atoms with Crippen LogP contribution in [0.2, 0.25) is 0 Å². The molecule has 6 heteroatoms. The Kier molecular flexibility index (Phi) is 4.24. The van der Waals surface area contributed by atoms with Crippen molar-refractivity contribution < 1.29 is 15.1 Å². The smallest absolute Gasteiger partial charge is 0.277 e. The maximum absolute atomic E-state index is 11.9. The number of imidazole rings is 1. The van der Waals surface area contributed by atoms with Crippen molar-refractivity contribution >= 4 is 5.91 Å². The van der Waals surface area contributed by atoms with Crippen LogP contribution in [0.25, 0.3) is 11.4 Å². The largest absolute Gasteiger partial charge is 0.492 e. The average Bonchev–Trinajstić information content (AvgIpc) is 2.75. The molecule has 0 unspecified atom stereocenters. The minimum Gasteiger partial charge on any atom is -0.492 e. The third-order valence-electron chi connectivity index (χ3n) is 2.90. The molecule has 0 aliphatic carbocycles. The number of unbranched alkanes of at least 4 members (excludes halogenated alkanes) is 1. The normalized spacial score (nSPS) is 10.4. The van der Waals surface area contributed by atoms with E-state index < -0.39 is 11.8 Å². The molecule has 3 N–H and O–H groups in total. The highest BCUT2D eigenvalue weighted by Gasteiger charge is 2.23. The summed E-state index contributed by atoms with van der Waals surface area (Å²) in [7, 11) is 0. The van der Waals surface area contributed by atoms with E-state index in [-0.39, 0.29) is 11.5 Å². The Bertz CT molecular complexity index is 593. The van der Waals surface area contributed by atoms with Gasteiger partial charge in [-0.3, -0.25) is 4.79 Å². The van der Waals surface area contributed by atoms with Gasteiger partial charge in [0.05, 0.1) is 0 Å². The standard InChI is InChI=1S/C14H17N3O3/c1-2-3-9-15-13(18)11-14(19)16-12(17(11)20)10-7-5-4-6-8-10/h4-8,19-20H,2-3,9H2,1H3,(H,15,18). The third kappa shape index (κ3) is 2.74. The van der Waals surface area contributed by atoms with Crippen LogP contribution in [0, 0.1) is 0 Å². The molecule has 2 aromatic rings. The molecule has 2 rings (SSSR count). The molecule has 0 bridgehead atoms. The summed E-state index contributed by atoms with van der Waals surface area (Å²) in [5, 5.41) is 22.4. The number of aromatic nitrogens is 2. The van der Waals surface area contributed by atoms with Crippen LogP contribution in [-0.2, 0) is 0 Å². The molecule has 1 aromatic carbocycles. The van der Waals surface area contributed by atoms with Crippen LogP contribution in [0.1, 0.15) is 30.3 Å². The van der Waals surface area contributed by atoms with E-state index in [2.05, 4.69) is 10.3 Å². The van der Waals surface area contributed by atoms with Crippen LogP contribution in [0.3, 0.4) is 0 Å². The first-order chi connectivity index (χ1) is 9.65. The molecule has 106 valence electrons. The zero-order chi connectivity index (χ0) is 14.5. The molecular formula is C14H17N3O3. The number of rotatable bonds is 5. The van der Waals surface area contributed by atoms with Crippen LogP contribution in [0.4, 0.5) is 0 Å². The zero-order valence-electron chi connectivity index (χ0n) is 11.2. The second-order valence-corrected chi connectivity index (χ2v) is 4.39. The molecule has 1 amide bonds. The SMILES string of the molecule is CCCCNC(=O)c1c(O)nc(-c2ccccc2)n1O. The number of carbonyl (C=O) groups is 1. The second kappa shape index (κ2) is 6.10. The Balaban J connectivity index is 2.28. The van der Waals surface area contributed by atoms with Crippen molar-refractivity contribution in [2.24, 2.45) is 0 Å². The molecule has 0 aliphatic heterocycles. The first-order valence-corrected chi connectivity index (χ1v) is 6.49. The van der Waals surface area contributed by atoms with E-state index in [4.69, 9.17) is 0 Å². The van der Waals surface area contributed by atoms with Gasteiger partial charge in [-0.15, -0.1) is 0 Å². The van der Waals surface area contributed by atoms with Gasteiger partial charge in [0.1, 0.15) is 0 Å². The minimum absolute atomic E-state index is 0.128. The number of aromatic hydroxyl groups is 1. The number of carbonyl (C=O) groups excluding carboxylic acids is 1. The van der Waals surface area contributed by atoms with E-state index in [9.17, 15) is 15.1 Å². The summed E-state index contributed by atoms with van der Waals surface area (Å²) in [5.41, 5.74) is 0.359. The lowest BCUT2D eigenvalue weighted by Crippen LogP contribution is -2.26. The molecule has 20 heavy (non-hydrogen) atoms. The maximum Gasteiger partial charge on any atom is 0.277 e. The summed E-state index contributed by atoms with van der Waals surface area (Å²) >= 11 is 0. The van der Waals surface area contributed by atoms with Gasteiger partial charge in [-0.2, -0.15) is 9.71 Å². The van der Waals surface area contributed by atoms with Crippen LogP contribution >= 0.6 is 0 Å². The molecule has 1 heterocycles. The van der Waals surface area contributed by atoms with E-state index in [1.165, 1.54) is 0 Å². The maximum atomic E-state index is 11.9. The first-order valence-electron chi connectivity index (χ1n) is 6.49. The summed E-state index contributed by atoms with van der Waals surface area (Å²) in [6.07, 6.45) is 1.78. The molecule has 0 aliphatic rings. The highest BCUT2D eigenvalue weighted by atomic mass is 16.5. The molecule has 0 atom stereocenters. The van der Waals surface area contributed by atoms with Crippen molar-refractivity contribution in [3.8, 4) is 17.3 Å². The Morgan fingerprint density at radius 2 is 2.05 bits per heavy atom. The highest BCUT2D eigenvalue weighted by molar-refractivity contribution is 5.95. The molecular weight excluding hydrogens is 258 g/mol. The van der Waals surface area contributed by atoms with Gasteiger partial charge < -0.3 is 15.6 Å². The predicted molar refractivity (Wildman–Crippen MR) is 73.8 cm³/mol. The number of hydrogen-bond acceptors (Lipinski definition) is 4. The molecule has 0 fully saturated rings. The Labute approximate surface area is 116 Å². The fraction of sp³-hybridized carbons (Fsp3) is 0.286. The van der Waals surface area contributed by atoms with Crippen LogP contribution < -0.4 is 5.32 Å². The second-order valence-electron chi connectivity index (χ2n) is 4.39. The summed E-state index contributed by atoms with van der Waals surface area (Å²) in [6.45, 7) is 2.49. The summed E-state index contributed by atoms with van der Waals surface area (Å²) in [6, 6.07) is 8.84. The Morgan fingerprint density at radius 1 is 1.35 bits per heavy atom. The number of nitrogens with zero attached hydrogens (tertiary/aromatic N) is 2. The molecule has 0 spiro atoms. The molecule has 0 saturated carbocycles. The van der Waals surface area contributed by atoms with Crippen molar-refractivity contribution in [1.82, 2.24) is 15.0 Å². The molecule has 0 radical (unpaired) electrons. The van der Waals surface area contributed by atoms with Gasteiger partial charge in [-0.05, 0) is 6.42 Å². The number of hydrogen-bond donors (Lipinski definition) is 3. The minimum atomic E-state index is -0.548. The van der Waals surface area contributed by atoms with Crippen LogP contribution in [0.5, 0.6) is 5.88 Å². The van der Waals surface area contributed by atoms with E-state index >= 15 is 0 Å². The number of nitrogens with one attached hydrogen (secondary N) is 1. The quantitative estimate of drug-likeness (QED) is 0.575. The predicted octanol–water partition coefficient (Wildman–Crippen LogP) is 2.02. The zero-order valence-corrected chi connectivity index (χ0v) is 11.2. The monoisotopic (exact) mass is 275 g/mol. The van der Waals surface area contributed by atoms with E-state index in [1.54, 1.807) is 24.3 Å². The van der Waals surface area contributed by atoms with Crippen molar-refractivity contribution in [3.63, 3.8) is 0 Å². The molecule has 1 aromatic heterocycles.